The summed E-state index contributed by atoms with van der Waals surface area (Å²) in [7, 11) is 1.90. The molecule has 1 aliphatic heterocycles. The van der Waals surface area contributed by atoms with Crippen LogP contribution in [0.4, 0.5) is 15.8 Å². The van der Waals surface area contributed by atoms with Crippen molar-refractivity contribution in [1.29, 1.82) is 0 Å². The molecule has 0 aliphatic carbocycles. The number of anilines is 2. The molecule has 0 radical (unpaired) electrons. The Bertz CT molecular complexity index is 1360. The average Bonchev–Trinajstić information content (AvgIpc) is 3.38. The second-order valence-electron chi connectivity index (χ2n) is 11.0. The molecule has 1 fully saturated rings. The first-order valence-corrected chi connectivity index (χ1v) is 14.8. The normalized spacial score (nSPS) is 15.2. The number of alkyl halides is 1. The lowest BCUT2D eigenvalue weighted by molar-refractivity contribution is -0.117. The van der Waals surface area contributed by atoms with Gasteiger partial charge < -0.3 is 10.6 Å². The SMILES string of the molecule is CCC/C=C/C(=C\C(/C=C(\CC)c1cnn(C)c1)=C(C)C)C(=O)Nc1cnc(C)c(NC(=O)CN2CCC(F)CC2)c1. The predicted molar refractivity (Wildman–Crippen MR) is 169 cm³/mol. The maximum Gasteiger partial charge on any atom is 0.255 e. The number of hydrogen-bond acceptors (Lipinski definition) is 5. The first-order valence-electron chi connectivity index (χ1n) is 14.8. The summed E-state index contributed by atoms with van der Waals surface area (Å²) in [4.78, 5) is 32.6. The van der Waals surface area contributed by atoms with Crippen LogP contribution in [0.25, 0.3) is 5.57 Å². The zero-order valence-corrected chi connectivity index (χ0v) is 25.8. The Balaban J connectivity index is 1.82. The molecule has 226 valence electrons. The third-order valence-corrected chi connectivity index (χ3v) is 7.19. The van der Waals surface area contributed by atoms with Gasteiger partial charge in [0.2, 0.25) is 5.91 Å². The summed E-state index contributed by atoms with van der Waals surface area (Å²) in [5, 5.41) is 10.2. The minimum absolute atomic E-state index is 0.190. The van der Waals surface area contributed by atoms with E-state index >= 15 is 0 Å². The molecule has 2 aromatic heterocycles. The van der Waals surface area contributed by atoms with Crippen molar-refractivity contribution < 1.29 is 14.0 Å². The van der Waals surface area contributed by atoms with E-state index in [0.717, 1.165) is 41.5 Å². The second-order valence-corrected chi connectivity index (χ2v) is 11.0. The Morgan fingerprint density at radius 2 is 1.86 bits per heavy atom. The highest BCUT2D eigenvalue weighted by molar-refractivity contribution is 6.06. The average molecular weight is 577 g/mol. The first kappa shape index (κ1) is 32.7. The summed E-state index contributed by atoms with van der Waals surface area (Å²) in [5.74, 6) is -0.463. The lowest BCUT2D eigenvalue weighted by Crippen LogP contribution is -2.39. The van der Waals surface area contributed by atoms with E-state index in [1.54, 1.807) is 23.9 Å². The molecule has 2 amide bonds. The Morgan fingerprint density at radius 1 is 1.12 bits per heavy atom. The van der Waals surface area contributed by atoms with Crippen molar-refractivity contribution in [2.24, 2.45) is 7.05 Å². The molecule has 42 heavy (non-hydrogen) atoms. The summed E-state index contributed by atoms with van der Waals surface area (Å²) in [6, 6.07) is 1.72. The van der Waals surface area contributed by atoms with Crippen molar-refractivity contribution in [3.8, 4) is 0 Å². The molecule has 1 saturated heterocycles. The number of hydrogen-bond donors (Lipinski definition) is 2. The maximum atomic E-state index is 13.6. The van der Waals surface area contributed by atoms with Crippen molar-refractivity contribution in [3.63, 3.8) is 0 Å². The Kier molecular flexibility index (Phi) is 12.4. The Morgan fingerprint density at radius 3 is 2.48 bits per heavy atom. The van der Waals surface area contributed by atoms with Crippen LogP contribution in [-0.2, 0) is 16.6 Å². The zero-order chi connectivity index (χ0) is 30.6. The molecule has 2 N–H and O–H groups in total. The Hall–Kier alpha value is -3.85. The molecule has 2 aromatic rings. The molecule has 0 atom stereocenters. The van der Waals surface area contributed by atoms with Gasteiger partial charge in [-0.1, -0.05) is 44.1 Å². The summed E-state index contributed by atoms with van der Waals surface area (Å²) >= 11 is 0. The zero-order valence-electron chi connectivity index (χ0n) is 25.8. The van der Waals surface area contributed by atoms with Gasteiger partial charge in [0.05, 0.1) is 36.0 Å². The topological polar surface area (TPSA) is 92.1 Å². The standard InChI is InChI=1S/C33H45FN6O2/c1-7-9-10-11-26(17-27(23(3)4)16-25(8-2)28-19-36-39(6)21-28)33(42)37-30-18-31(24(5)35-20-30)38-32(41)22-40-14-12-29(34)13-15-40/h10-11,16-21,29H,7-9,12-15,22H2,1-6H3,(H,37,42)(H,38,41)/b11-10+,25-16+,26-17+. The minimum atomic E-state index is -0.787. The molecule has 0 unspecified atom stereocenters. The third kappa shape index (κ3) is 9.91. The molecule has 0 spiro atoms. The van der Waals surface area contributed by atoms with Gasteiger partial charge in [-0.25, -0.2) is 4.39 Å². The fraction of sp³-hybridized carbons (Fsp3) is 0.455. The monoisotopic (exact) mass is 576 g/mol. The van der Waals surface area contributed by atoms with E-state index < -0.39 is 6.17 Å². The van der Waals surface area contributed by atoms with Crippen LogP contribution in [0.3, 0.4) is 0 Å². The third-order valence-electron chi connectivity index (χ3n) is 7.19. The van der Waals surface area contributed by atoms with Crippen LogP contribution in [0.15, 0.2) is 65.7 Å². The van der Waals surface area contributed by atoms with Crippen molar-refractivity contribution in [2.75, 3.05) is 30.3 Å². The molecule has 3 heterocycles. The molecule has 9 heteroatoms. The quantitative estimate of drug-likeness (QED) is 0.221. The summed E-state index contributed by atoms with van der Waals surface area (Å²) in [6.45, 7) is 11.4. The number of aromatic nitrogens is 3. The predicted octanol–water partition coefficient (Wildman–Crippen LogP) is 6.55. The number of pyridine rings is 1. The van der Waals surface area contributed by atoms with Crippen LogP contribution in [0.5, 0.6) is 0 Å². The van der Waals surface area contributed by atoms with Crippen LogP contribution in [-0.4, -0.2) is 57.3 Å². The van der Waals surface area contributed by atoms with Crippen LogP contribution in [0, 0.1) is 6.92 Å². The van der Waals surface area contributed by atoms with E-state index in [2.05, 4.69) is 40.6 Å². The van der Waals surface area contributed by atoms with Crippen LogP contribution >= 0.6 is 0 Å². The van der Waals surface area contributed by atoms with Gasteiger partial charge in [0.1, 0.15) is 6.17 Å². The lowest BCUT2D eigenvalue weighted by atomic mass is 9.99. The summed E-state index contributed by atoms with van der Waals surface area (Å²) in [6.07, 6.45) is 16.1. The van der Waals surface area contributed by atoms with E-state index in [-0.39, 0.29) is 18.4 Å². The molecule has 1 aliphatic rings. The molecular formula is C33H45FN6O2. The molecular weight excluding hydrogens is 531 g/mol. The summed E-state index contributed by atoms with van der Waals surface area (Å²) < 4.78 is 15.2. The van der Waals surface area contributed by atoms with E-state index in [9.17, 15) is 14.0 Å². The van der Waals surface area contributed by atoms with Gasteiger partial charge in [-0.2, -0.15) is 5.10 Å². The van der Waals surface area contributed by atoms with Crippen molar-refractivity contribution in [1.82, 2.24) is 19.7 Å². The van der Waals surface area contributed by atoms with Crippen LogP contribution in [0.1, 0.15) is 71.1 Å². The Labute approximate surface area is 249 Å². The van der Waals surface area contributed by atoms with Crippen LogP contribution < -0.4 is 10.6 Å². The number of carbonyl (C=O) groups excluding carboxylic acids is 2. The maximum absolute atomic E-state index is 13.6. The van der Waals surface area contributed by atoms with Gasteiger partial charge in [0, 0.05) is 37.5 Å². The second kappa shape index (κ2) is 16.0. The fourth-order valence-electron chi connectivity index (χ4n) is 4.61. The number of nitrogens with one attached hydrogen (secondary N) is 2. The van der Waals surface area contributed by atoms with Crippen molar-refractivity contribution in [3.05, 3.63) is 76.9 Å². The molecule has 0 saturated carbocycles. The van der Waals surface area contributed by atoms with E-state index in [1.807, 2.05) is 56.4 Å². The number of nitrogens with zero attached hydrogens (tertiary/aromatic N) is 4. The highest BCUT2D eigenvalue weighted by Crippen LogP contribution is 2.24. The summed E-state index contributed by atoms with van der Waals surface area (Å²) in [5.41, 5.74) is 6.37. The molecule has 0 bridgehead atoms. The van der Waals surface area contributed by atoms with Gasteiger partial charge in [-0.05, 0) is 69.7 Å². The number of rotatable bonds is 12. The highest BCUT2D eigenvalue weighted by Gasteiger charge is 2.20. The van der Waals surface area contributed by atoms with Gasteiger partial charge in [0.25, 0.3) is 5.91 Å². The van der Waals surface area contributed by atoms with Gasteiger partial charge in [0.15, 0.2) is 0 Å². The number of allylic oxidation sites excluding steroid dienone is 6. The molecule has 3 rings (SSSR count). The molecule has 8 nitrogen and oxygen atoms in total. The number of carbonyl (C=O) groups is 2. The van der Waals surface area contributed by atoms with E-state index in [0.29, 0.717) is 48.6 Å². The lowest BCUT2D eigenvalue weighted by Gasteiger charge is -2.27. The van der Waals surface area contributed by atoms with Gasteiger partial charge in [-0.3, -0.25) is 24.2 Å². The molecule has 0 aromatic carbocycles. The van der Waals surface area contributed by atoms with Crippen LogP contribution in [0.2, 0.25) is 0 Å². The van der Waals surface area contributed by atoms with E-state index in [4.69, 9.17) is 0 Å². The number of piperidine rings is 1. The minimum Gasteiger partial charge on any atom is -0.323 e. The first-order chi connectivity index (χ1) is 20.1. The number of amides is 2. The van der Waals surface area contributed by atoms with Gasteiger partial charge >= 0.3 is 0 Å². The number of halogens is 1. The number of likely N-dealkylation sites (tertiary alicyclic amines) is 1. The van der Waals surface area contributed by atoms with Gasteiger partial charge in [-0.15, -0.1) is 0 Å². The number of aryl methyl sites for hydroxylation is 2. The highest BCUT2D eigenvalue weighted by atomic mass is 19.1. The smallest absolute Gasteiger partial charge is 0.255 e. The van der Waals surface area contributed by atoms with Crippen molar-refractivity contribution in [2.45, 2.75) is 72.9 Å². The number of unbranched alkanes of at least 4 members (excludes halogenated alkanes) is 1. The largest absolute Gasteiger partial charge is 0.323 e. The van der Waals surface area contributed by atoms with Crippen molar-refractivity contribution >= 4 is 28.8 Å². The fourth-order valence-corrected chi connectivity index (χ4v) is 4.61. The van der Waals surface area contributed by atoms with E-state index in [1.165, 1.54) is 0 Å².